The maximum atomic E-state index is 13.9. The number of benzene rings is 2. The average Bonchev–Trinajstić information content (AvgIpc) is 3.92. The molecule has 0 aliphatic carbocycles. The van der Waals surface area contributed by atoms with Gasteiger partial charge in [-0.25, -0.2) is 9.97 Å². The van der Waals surface area contributed by atoms with Crippen molar-refractivity contribution in [3.63, 3.8) is 0 Å². The lowest BCUT2D eigenvalue weighted by Crippen LogP contribution is -2.60. The predicted molar refractivity (Wildman–Crippen MR) is 206 cm³/mol. The van der Waals surface area contributed by atoms with Crippen LogP contribution in [-0.2, 0) is 41.9 Å². The summed E-state index contributed by atoms with van der Waals surface area (Å²) in [6.07, 6.45) is -4.24. The molecular formula is C38H48N6O8S2. The number of nitrogens with one attached hydrogen (secondary N) is 4. The first-order chi connectivity index (χ1) is 25.8. The van der Waals surface area contributed by atoms with Crippen LogP contribution in [-0.4, -0.2) is 94.4 Å². The van der Waals surface area contributed by atoms with E-state index < -0.39 is 60.1 Å². The lowest BCUT2D eigenvalue weighted by Gasteiger charge is -2.32. The van der Waals surface area contributed by atoms with Crippen LogP contribution in [0, 0.1) is 11.8 Å². The summed E-state index contributed by atoms with van der Waals surface area (Å²) in [5, 5.41) is 39.1. The zero-order valence-corrected chi connectivity index (χ0v) is 32.6. The first-order valence-electron chi connectivity index (χ1n) is 17.4. The van der Waals surface area contributed by atoms with Crippen molar-refractivity contribution in [3.05, 3.63) is 82.8 Å². The van der Waals surface area contributed by atoms with Crippen LogP contribution in [0.4, 0.5) is 0 Å². The number of amides is 4. The summed E-state index contributed by atoms with van der Waals surface area (Å²) in [6.45, 7) is 6.59. The molecule has 0 radical (unpaired) electrons. The van der Waals surface area contributed by atoms with Crippen molar-refractivity contribution in [1.29, 1.82) is 0 Å². The molecule has 4 rings (SSSR count). The molecule has 0 saturated carbocycles. The first-order valence-corrected chi connectivity index (χ1v) is 19.2. The number of ether oxygens (including phenoxy) is 2. The van der Waals surface area contributed by atoms with Crippen molar-refractivity contribution in [2.24, 2.45) is 11.8 Å². The van der Waals surface area contributed by atoms with Crippen LogP contribution in [0.15, 0.2) is 71.7 Å². The van der Waals surface area contributed by atoms with Gasteiger partial charge in [0.1, 0.15) is 34.3 Å². The van der Waals surface area contributed by atoms with Crippen LogP contribution in [0.2, 0.25) is 0 Å². The Morgan fingerprint density at radius 3 is 1.24 bits per heavy atom. The van der Waals surface area contributed by atoms with Gasteiger partial charge >= 0.3 is 0 Å². The van der Waals surface area contributed by atoms with Gasteiger partial charge < -0.3 is 41.0 Å². The summed E-state index contributed by atoms with van der Waals surface area (Å²) in [4.78, 5) is 61.7. The molecule has 0 bridgehead atoms. The number of carbonyl (C=O) groups excluding carboxylic acids is 4. The molecule has 2 aromatic carbocycles. The molecular weight excluding hydrogens is 733 g/mol. The van der Waals surface area contributed by atoms with Gasteiger partial charge in [-0.2, -0.15) is 0 Å². The summed E-state index contributed by atoms with van der Waals surface area (Å²) in [5.74, 6) is -3.44. The summed E-state index contributed by atoms with van der Waals surface area (Å²) in [6, 6.07) is 12.5. The topological polar surface area (TPSA) is 201 Å². The van der Waals surface area contributed by atoms with Crippen molar-refractivity contribution in [1.82, 2.24) is 31.2 Å². The fourth-order valence-electron chi connectivity index (χ4n) is 5.46. The first kappa shape index (κ1) is 42.2. The zero-order chi connectivity index (χ0) is 39.4. The van der Waals surface area contributed by atoms with Crippen LogP contribution in [0.3, 0.4) is 0 Å². The quantitative estimate of drug-likeness (QED) is 0.0822. The summed E-state index contributed by atoms with van der Waals surface area (Å²) in [7, 11) is 2.87. The van der Waals surface area contributed by atoms with Gasteiger partial charge in [0.2, 0.25) is 11.8 Å². The summed E-state index contributed by atoms with van der Waals surface area (Å²) >= 11 is 2.96. The number of nitrogens with zero attached hydrogens (tertiary/aromatic N) is 2. The van der Waals surface area contributed by atoms with Crippen molar-refractivity contribution < 1.29 is 38.9 Å². The Kier molecular flexibility index (Phi) is 15.8. The molecule has 6 N–H and O–H groups in total. The zero-order valence-electron chi connectivity index (χ0n) is 31.0. The predicted octanol–water partition coefficient (Wildman–Crippen LogP) is 2.90. The van der Waals surface area contributed by atoms with Crippen LogP contribution < -0.4 is 21.3 Å². The third kappa shape index (κ3) is 11.2. The maximum absolute atomic E-state index is 13.9. The smallest absolute Gasteiger partial charge is 0.252 e. The number of hydrogen-bond donors (Lipinski definition) is 6. The standard InChI is InChI=1S/C38H48N6O8S2/c1-21(2)27(33(47)39-5)43-35(49)31(51-19-23-7-11-25(12-8-23)37-41-15-17-53-37)29(45)30(46)32(36(50)44-28(22(3)4)34(48)40-6)52-20-24-9-13-26(14-10-24)38-42-16-18-54-38/h7-18,21-22,27-32,45-46H,19-20H2,1-6H3,(H,39,47)(H,40,48)(H,43,49)(H,44,50)/t27-,28-,29+,30+,31+,32+/m0/s1. The van der Waals surface area contributed by atoms with Gasteiger partial charge in [-0.1, -0.05) is 76.2 Å². The van der Waals surface area contributed by atoms with E-state index in [-0.39, 0.29) is 25.0 Å². The van der Waals surface area contributed by atoms with E-state index in [0.29, 0.717) is 11.1 Å². The van der Waals surface area contributed by atoms with Gasteiger partial charge in [0.05, 0.1) is 13.2 Å². The Labute approximate surface area is 322 Å². The van der Waals surface area contributed by atoms with Gasteiger partial charge in [0.25, 0.3) is 11.8 Å². The molecule has 2 heterocycles. The Hall–Kier alpha value is -4.58. The molecule has 0 spiro atoms. The van der Waals surface area contributed by atoms with Gasteiger partial charge in [-0.05, 0) is 23.0 Å². The fraction of sp³-hybridized carbons (Fsp3) is 0.421. The Morgan fingerprint density at radius 2 is 0.963 bits per heavy atom. The Balaban J connectivity index is 1.62. The molecule has 0 fully saturated rings. The van der Waals surface area contributed by atoms with Gasteiger partial charge in [0.15, 0.2) is 12.2 Å². The number of aromatic nitrogens is 2. The number of likely N-dealkylation sites (N-methyl/N-ethyl adjacent to an activating group) is 2. The normalized spacial score (nSPS) is 14.8. The maximum Gasteiger partial charge on any atom is 0.252 e. The van der Waals surface area contributed by atoms with E-state index in [1.807, 2.05) is 35.0 Å². The SMILES string of the molecule is CNC(=O)[C@@H](NC(=O)[C@H](OCc1ccc(-c2nccs2)cc1)[C@H](O)[C@@H](O)[C@@H](OCc1ccc(-c2nccs2)cc1)C(=O)N[C@H](C(=O)NC)C(C)C)C(C)C. The molecule has 4 amide bonds. The van der Waals surface area contributed by atoms with E-state index in [4.69, 9.17) is 9.47 Å². The Bertz CT molecular complexity index is 1660. The lowest BCUT2D eigenvalue weighted by molar-refractivity contribution is -0.171. The highest BCUT2D eigenvalue weighted by Crippen LogP contribution is 2.24. The van der Waals surface area contributed by atoms with E-state index in [1.54, 1.807) is 64.4 Å². The molecule has 0 aliphatic heterocycles. The minimum atomic E-state index is -2.04. The molecule has 0 saturated heterocycles. The monoisotopic (exact) mass is 780 g/mol. The fourth-order valence-corrected chi connectivity index (χ4v) is 6.75. The second kappa shape index (κ2) is 20.2. The minimum Gasteiger partial charge on any atom is -0.387 e. The highest BCUT2D eigenvalue weighted by molar-refractivity contribution is 7.13. The number of hydrogen-bond acceptors (Lipinski definition) is 12. The van der Waals surface area contributed by atoms with E-state index in [1.165, 1.54) is 36.8 Å². The summed E-state index contributed by atoms with van der Waals surface area (Å²) < 4.78 is 12.0. The molecule has 2 aromatic heterocycles. The number of carbonyl (C=O) groups is 4. The van der Waals surface area contributed by atoms with Crippen molar-refractivity contribution in [2.75, 3.05) is 14.1 Å². The summed E-state index contributed by atoms with van der Waals surface area (Å²) in [5.41, 5.74) is 3.03. The van der Waals surface area contributed by atoms with Crippen molar-refractivity contribution >= 4 is 46.3 Å². The lowest BCUT2D eigenvalue weighted by atomic mass is 9.98. The molecule has 54 heavy (non-hydrogen) atoms. The number of thiazole rings is 2. The molecule has 14 nitrogen and oxygen atoms in total. The van der Waals surface area contributed by atoms with Crippen LogP contribution in [0.1, 0.15) is 38.8 Å². The van der Waals surface area contributed by atoms with Crippen LogP contribution in [0.25, 0.3) is 21.1 Å². The molecule has 290 valence electrons. The molecule has 0 unspecified atom stereocenters. The molecule has 6 atom stereocenters. The van der Waals surface area contributed by atoms with E-state index >= 15 is 0 Å². The van der Waals surface area contributed by atoms with Crippen LogP contribution in [0.5, 0.6) is 0 Å². The van der Waals surface area contributed by atoms with Crippen LogP contribution >= 0.6 is 22.7 Å². The second-order valence-corrected chi connectivity index (χ2v) is 15.0. The minimum absolute atomic E-state index is 0.179. The highest BCUT2D eigenvalue weighted by Gasteiger charge is 2.42. The van der Waals surface area contributed by atoms with Gasteiger partial charge in [-0.15, -0.1) is 22.7 Å². The number of aliphatic hydroxyl groups excluding tert-OH is 2. The van der Waals surface area contributed by atoms with Gasteiger partial charge in [0, 0.05) is 48.4 Å². The molecule has 16 heteroatoms. The number of rotatable bonds is 19. The molecule has 4 aromatic rings. The van der Waals surface area contributed by atoms with E-state index in [9.17, 15) is 29.4 Å². The van der Waals surface area contributed by atoms with Crippen molar-refractivity contribution in [3.8, 4) is 21.1 Å². The highest BCUT2D eigenvalue weighted by atomic mass is 32.1. The third-order valence-electron chi connectivity index (χ3n) is 8.60. The number of aliphatic hydroxyl groups is 2. The van der Waals surface area contributed by atoms with Crippen molar-refractivity contribution in [2.45, 2.75) is 77.4 Å². The second-order valence-electron chi connectivity index (χ2n) is 13.2. The van der Waals surface area contributed by atoms with E-state index in [0.717, 1.165) is 21.1 Å². The van der Waals surface area contributed by atoms with Gasteiger partial charge in [-0.3, -0.25) is 19.2 Å². The van der Waals surface area contributed by atoms with E-state index in [2.05, 4.69) is 31.2 Å². The third-order valence-corrected chi connectivity index (χ3v) is 10.2. The molecule has 0 aliphatic rings. The largest absolute Gasteiger partial charge is 0.387 e. The Morgan fingerprint density at radius 1 is 0.611 bits per heavy atom. The average molecular weight is 781 g/mol.